The summed E-state index contributed by atoms with van der Waals surface area (Å²) in [5.41, 5.74) is 3.46. The minimum atomic E-state index is -4.36. The molecule has 0 saturated carbocycles. The predicted octanol–water partition coefficient (Wildman–Crippen LogP) is 6.52. The van der Waals surface area contributed by atoms with Crippen molar-refractivity contribution in [2.45, 2.75) is 19.3 Å². The first-order valence-corrected chi connectivity index (χ1v) is 10.9. The molecule has 4 aromatic carbocycles. The Labute approximate surface area is 196 Å². The van der Waals surface area contributed by atoms with E-state index < -0.39 is 11.7 Å². The summed E-state index contributed by atoms with van der Waals surface area (Å²) in [6.07, 6.45) is -4.36. The topological polar surface area (TPSA) is 32.3 Å². The van der Waals surface area contributed by atoms with E-state index in [0.717, 1.165) is 40.6 Å². The molecule has 0 fully saturated rings. The molecule has 0 saturated heterocycles. The predicted molar refractivity (Wildman–Crippen MR) is 129 cm³/mol. The number of amides is 1. The highest BCUT2D eigenvalue weighted by Crippen LogP contribution is 2.31. The summed E-state index contributed by atoms with van der Waals surface area (Å²) in [6.45, 7) is 1.25. The van der Waals surface area contributed by atoms with Crippen LogP contribution in [-0.4, -0.2) is 24.9 Å². The molecule has 174 valence electrons. The number of nitrogens with zero attached hydrogens (tertiary/aromatic N) is 1. The number of benzene rings is 4. The van der Waals surface area contributed by atoms with E-state index in [1.54, 1.807) is 24.3 Å². The van der Waals surface area contributed by atoms with Gasteiger partial charge in [0.1, 0.15) is 0 Å². The van der Waals surface area contributed by atoms with E-state index in [9.17, 15) is 18.0 Å². The number of hydrogen-bond acceptors (Lipinski definition) is 2. The molecule has 0 radical (unpaired) electrons. The van der Waals surface area contributed by atoms with Crippen LogP contribution in [0.5, 0.6) is 0 Å². The van der Waals surface area contributed by atoms with Crippen molar-refractivity contribution in [1.82, 2.24) is 10.2 Å². The number of alkyl halides is 3. The summed E-state index contributed by atoms with van der Waals surface area (Å²) >= 11 is 0. The maximum absolute atomic E-state index is 12.8. The van der Waals surface area contributed by atoms with Gasteiger partial charge in [-0.15, -0.1) is 0 Å². The van der Waals surface area contributed by atoms with Crippen LogP contribution < -0.4 is 5.32 Å². The minimum absolute atomic E-state index is 0.208. The standard InChI is InChI=1S/C28H25F3N2O/c1-33(2)18-19-6-15-26-23(16-19)4-3-5-24(26)17-32-27(34)22-9-7-20(8-10-22)21-11-13-25(14-12-21)28(29,30)31/h3-16H,17-18H2,1-2H3,(H,32,34). The molecule has 0 heterocycles. The van der Waals surface area contributed by atoms with Crippen LogP contribution in [0, 0.1) is 0 Å². The van der Waals surface area contributed by atoms with Gasteiger partial charge < -0.3 is 10.2 Å². The van der Waals surface area contributed by atoms with E-state index in [-0.39, 0.29) is 5.91 Å². The Morgan fingerprint density at radius 2 is 1.50 bits per heavy atom. The van der Waals surface area contributed by atoms with Crippen LogP contribution in [0.1, 0.15) is 27.0 Å². The molecule has 1 N–H and O–H groups in total. The molecular weight excluding hydrogens is 437 g/mol. The molecule has 0 aliphatic rings. The molecular formula is C28H25F3N2O. The summed E-state index contributed by atoms with van der Waals surface area (Å²) in [6, 6.07) is 24.2. The van der Waals surface area contributed by atoms with Crippen molar-refractivity contribution in [3.63, 3.8) is 0 Å². The van der Waals surface area contributed by atoms with E-state index in [4.69, 9.17) is 0 Å². The lowest BCUT2D eigenvalue weighted by Crippen LogP contribution is -2.22. The monoisotopic (exact) mass is 462 g/mol. The zero-order valence-electron chi connectivity index (χ0n) is 19.0. The van der Waals surface area contributed by atoms with Crippen LogP contribution in [0.2, 0.25) is 0 Å². The Morgan fingerprint density at radius 1 is 0.853 bits per heavy atom. The highest BCUT2D eigenvalue weighted by atomic mass is 19.4. The molecule has 0 atom stereocenters. The highest BCUT2D eigenvalue weighted by molar-refractivity contribution is 5.95. The van der Waals surface area contributed by atoms with Crippen molar-refractivity contribution in [2.75, 3.05) is 14.1 Å². The fraction of sp³-hybridized carbons (Fsp3) is 0.179. The lowest BCUT2D eigenvalue weighted by molar-refractivity contribution is -0.137. The Bertz CT molecular complexity index is 1290. The quantitative estimate of drug-likeness (QED) is 0.354. The zero-order chi connectivity index (χ0) is 24.3. The summed E-state index contributed by atoms with van der Waals surface area (Å²) in [7, 11) is 4.07. The number of carbonyl (C=O) groups is 1. The van der Waals surface area contributed by atoms with Crippen LogP contribution in [0.25, 0.3) is 21.9 Å². The Balaban J connectivity index is 1.44. The first kappa shape index (κ1) is 23.5. The molecule has 0 bridgehead atoms. The van der Waals surface area contributed by atoms with Gasteiger partial charge in [-0.05, 0) is 77.5 Å². The Kier molecular flexibility index (Phi) is 6.70. The average Bonchev–Trinajstić information content (AvgIpc) is 2.81. The molecule has 34 heavy (non-hydrogen) atoms. The number of carbonyl (C=O) groups excluding carboxylic acids is 1. The normalized spacial score (nSPS) is 11.7. The van der Waals surface area contributed by atoms with Crippen LogP contribution in [0.4, 0.5) is 13.2 Å². The first-order valence-electron chi connectivity index (χ1n) is 10.9. The van der Waals surface area contributed by atoms with Crippen molar-refractivity contribution < 1.29 is 18.0 Å². The van der Waals surface area contributed by atoms with Gasteiger partial charge >= 0.3 is 6.18 Å². The maximum atomic E-state index is 12.8. The van der Waals surface area contributed by atoms with Gasteiger partial charge in [-0.25, -0.2) is 0 Å². The second kappa shape index (κ2) is 9.69. The van der Waals surface area contributed by atoms with Gasteiger partial charge in [0, 0.05) is 18.7 Å². The number of fused-ring (bicyclic) bond motifs is 1. The van der Waals surface area contributed by atoms with E-state index >= 15 is 0 Å². The third-order valence-corrected chi connectivity index (χ3v) is 5.67. The second-order valence-electron chi connectivity index (χ2n) is 8.55. The summed E-state index contributed by atoms with van der Waals surface area (Å²) in [5.74, 6) is -0.208. The van der Waals surface area contributed by atoms with Crippen molar-refractivity contribution in [1.29, 1.82) is 0 Å². The summed E-state index contributed by atoms with van der Waals surface area (Å²) in [5, 5.41) is 5.20. The smallest absolute Gasteiger partial charge is 0.348 e. The SMILES string of the molecule is CN(C)Cc1ccc2c(CNC(=O)c3ccc(-c4ccc(C(F)(F)F)cc4)cc3)cccc2c1. The van der Waals surface area contributed by atoms with Gasteiger partial charge in [0.05, 0.1) is 5.56 Å². The van der Waals surface area contributed by atoms with Gasteiger partial charge in [-0.2, -0.15) is 13.2 Å². The van der Waals surface area contributed by atoms with Crippen molar-refractivity contribution in [2.24, 2.45) is 0 Å². The number of halogens is 3. The van der Waals surface area contributed by atoms with Crippen LogP contribution in [0.15, 0.2) is 84.9 Å². The number of nitrogens with one attached hydrogen (secondary N) is 1. The fourth-order valence-electron chi connectivity index (χ4n) is 3.96. The zero-order valence-corrected chi connectivity index (χ0v) is 19.0. The van der Waals surface area contributed by atoms with Gasteiger partial charge in [-0.1, -0.05) is 54.6 Å². The third kappa shape index (κ3) is 5.46. The van der Waals surface area contributed by atoms with Crippen LogP contribution >= 0.6 is 0 Å². The van der Waals surface area contributed by atoms with E-state index in [0.29, 0.717) is 17.7 Å². The molecule has 4 rings (SSSR count). The van der Waals surface area contributed by atoms with Gasteiger partial charge in [-0.3, -0.25) is 4.79 Å². The van der Waals surface area contributed by atoms with Crippen LogP contribution in [0.3, 0.4) is 0 Å². The average molecular weight is 463 g/mol. The maximum Gasteiger partial charge on any atom is 0.416 e. The molecule has 0 aliphatic carbocycles. The van der Waals surface area contributed by atoms with Crippen LogP contribution in [-0.2, 0) is 19.3 Å². The third-order valence-electron chi connectivity index (χ3n) is 5.67. The van der Waals surface area contributed by atoms with E-state index in [1.807, 2.05) is 26.2 Å². The molecule has 0 spiro atoms. The van der Waals surface area contributed by atoms with Crippen molar-refractivity contribution in [3.8, 4) is 11.1 Å². The molecule has 0 aliphatic heterocycles. The van der Waals surface area contributed by atoms with E-state index in [2.05, 4.69) is 34.5 Å². The lowest BCUT2D eigenvalue weighted by Gasteiger charge is -2.13. The molecule has 4 aromatic rings. The largest absolute Gasteiger partial charge is 0.416 e. The number of hydrogen-bond donors (Lipinski definition) is 1. The minimum Gasteiger partial charge on any atom is -0.348 e. The second-order valence-corrected chi connectivity index (χ2v) is 8.55. The molecule has 0 aromatic heterocycles. The summed E-state index contributed by atoms with van der Waals surface area (Å²) in [4.78, 5) is 14.8. The molecule has 0 unspecified atom stereocenters. The lowest BCUT2D eigenvalue weighted by atomic mass is 10.0. The van der Waals surface area contributed by atoms with Crippen molar-refractivity contribution in [3.05, 3.63) is 107 Å². The highest BCUT2D eigenvalue weighted by Gasteiger charge is 2.29. The molecule has 1 amide bonds. The Hall–Kier alpha value is -3.64. The molecule has 3 nitrogen and oxygen atoms in total. The Morgan fingerprint density at radius 3 is 2.12 bits per heavy atom. The first-order chi connectivity index (χ1) is 16.2. The van der Waals surface area contributed by atoms with E-state index in [1.165, 1.54) is 17.7 Å². The fourth-order valence-corrected chi connectivity index (χ4v) is 3.96. The van der Waals surface area contributed by atoms with Gasteiger partial charge in [0.2, 0.25) is 0 Å². The molecule has 6 heteroatoms. The summed E-state index contributed by atoms with van der Waals surface area (Å²) < 4.78 is 38.3. The van der Waals surface area contributed by atoms with Crippen molar-refractivity contribution >= 4 is 16.7 Å². The number of rotatable bonds is 6. The van der Waals surface area contributed by atoms with Gasteiger partial charge in [0.15, 0.2) is 0 Å². The van der Waals surface area contributed by atoms with Gasteiger partial charge in [0.25, 0.3) is 5.91 Å².